The fourth-order valence-corrected chi connectivity index (χ4v) is 4.79. The molecular formula is C22H20N2O2. The number of nitrogen functional groups attached to an aromatic ring is 1. The normalized spacial score (nSPS) is 28.8. The lowest BCUT2D eigenvalue weighted by molar-refractivity contribution is -0.123. The molecular weight excluding hydrogens is 324 g/mol. The summed E-state index contributed by atoms with van der Waals surface area (Å²) in [5.74, 6) is 0.151. The Morgan fingerprint density at radius 2 is 1.31 bits per heavy atom. The second-order valence-electron chi connectivity index (χ2n) is 7.60. The molecule has 1 heterocycles. The zero-order chi connectivity index (χ0) is 17.8. The number of carbonyl (C=O) groups is 2. The summed E-state index contributed by atoms with van der Waals surface area (Å²) >= 11 is 0. The van der Waals surface area contributed by atoms with Gasteiger partial charge >= 0.3 is 0 Å². The van der Waals surface area contributed by atoms with Crippen LogP contribution in [0.5, 0.6) is 0 Å². The van der Waals surface area contributed by atoms with Crippen LogP contribution in [0.4, 0.5) is 11.4 Å². The molecule has 5 rings (SSSR count). The van der Waals surface area contributed by atoms with Gasteiger partial charge in [-0.3, -0.25) is 14.5 Å². The molecule has 0 radical (unpaired) electrons. The molecule has 2 aliphatic carbocycles. The smallest absolute Gasteiger partial charge is 0.238 e. The first kappa shape index (κ1) is 15.4. The predicted molar refractivity (Wildman–Crippen MR) is 100 cm³/mol. The molecule has 0 unspecified atom stereocenters. The molecule has 1 aliphatic heterocycles. The van der Waals surface area contributed by atoms with Crippen LogP contribution in [0.3, 0.4) is 0 Å². The Balaban J connectivity index is 1.37. The molecule has 2 aromatic rings. The number of allylic oxidation sites excluding steroid dienone is 2. The van der Waals surface area contributed by atoms with Crippen LogP contribution in [-0.4, -0.2) is 11.8 Å². The van der Waals surface area contributed by atoms with Crippen molar-refractivity contribution >= 4 is 23.2 Å². The number of carbonyl (C=O) groups excluding carboxylic acids is 2. The maximum Gasteiger partial charge on any atom is 0.238 e. The zero-order valence-corrected chi connectivity index (χ0v) is 14.3. The van der Waals surface area contributed by atoms with Gasteiger partial charge in [0, 0.05) is 5.69 Å². The van der Waals surface area contributed by atoms with Gasteiger partial charge in [0.2, 0.25) is 11.8 Å². The minimum absolute atomic E-state index is 0.0249. The number of fused-ring (bicyclic) bond motifs is 5. The van der Waals surface area contributed by atoms with Crippen LogP contribution < -0.4 is 10.6 Å². The number of amides is 2. The van der Waals surface area contributed by atoms with Gasteiger partial charge < -0.3 is 5.73 Å². The highest BCUT2D eigenvalue weighted by atomic mass is 16.2. The molecule has 4 heteroatoms. The van der Waals surface area contributed by atoms with E-state index in [1.54, 1.807) is 0 Å². The highest BCUT2D eigenvalue weighted by molar-refractivity contribution is 6.22. The first-order valence-electron chi connectivity index (χ1n) is 9.11. The maximum atomic E-state index is 12.9. The number of imide groups is 1. The fraction of sp³-hybridized carbons (Fsp3) is 0.273. The minimum atomic E-state index is -0.146. The molecule has 1 saturated heterocycles. The van der Waals surface area contributed by atoms with Crippen molar-refractivity contribution in [3.63, 3.8) is 0 Å². The van der Waals surface area contributed by atoms with Gasteiger partial charge in [-0.15, -0.1) is 0 Å². The molecule has 130 valence electrons. The average Bonchev–Trinajstić information content (AvgIpc) is 3.32. The highest BCUT2D eigenvalue weighted by Crippen LogP contribution is 2.53. The van der Waals surface area contributed by atoms with E-state index in [4.69, 9.17) is 5.73 Å². The molecule has 2 fully saturated rings. The Hall–Kier alpha value is -2.88. The second-order valence-corrected chi connectivity index (χ2v) is 7.60. The minimum Gasteiger partial charge on any atom is -0.399 e. The van der Waals surface area contributed by atoms with Crippen LogP contribution >= 0.6 is 0 Å². The Kier molecular flexibility index (Phi) is 3.29. The molecule has 3 aliphatic rings. The molecule has 26 heavy (non-hydrogen) atoms. The van der Waals surface area contributed by atoms with E-state index in [-0.39, 0.29) is 35.5 Å². The predicted octanol–water partition coefficient (Wildman–Crippen LogP) is 3.17. The SMILES string of the molecule is Nc1ccc(Cc2ccc(N3C(=O)[C@@H]4[C@H](C3=O)[C@H]3C=C[C@H]4C3)cc2)cc1. The first-order chi connectivity index (χ1) is 12.6. The molecule has 4 atom stereocenters. The monoisotopic (exact) mass is 344 g/mol. The summed E-state index contributed by atoms with van der Waals surface area (Å²) in [4.78, 5) is 27.1. The topological polar surface area (TPSA) is 63.4 Å². The third kappa shape index (κ3) is 2.22. The number of anilines is 2. The maximum absolute atomic E-state index is 12.9. The van der Waals surface area contributed by atoms with Gasteiger partial charge in [0.15, 0.2) is 0 Å². The lowest BCUT2D eigenvalue weighted by Gasteiger charge is -2.17. The molecule has 2 amide bonds. The first-order valence-corrected chi connectivity index (χ1v) is 9.11. The molecule has 2 aromatic carbocycles. The highest BCUT2D eigenvalue weighted by Gasteiger charge is 2.59. The summed E-state index contributed by atoms with van der Waals surface area (Å²) in [6, 6.07) is 15.6. The van der Waals surface area contributed by atoms with E-state index in [1.807, 2.05) is 48.5 Å². The third-order valence-electron chi connectivity index (χ3n) is 6.05. The lowest BCUT2D eigenvalue weighted by atomic mass is 9.85. The van der Waals surface area contributed by atoms with E-state index >= 15 is 0 Å². The summed E-state index contributed by atoms with van der Waals surface area (Å²) in [7, 11) is 0. The van der Waals surface area contributed by atoms with E-state index in [1.165, 1.54) is 10.5 Å². The third-order valence-corrected chi connectivity index (χ3v) is 6.05. The van der Waals surface area contributed by atoms with Gasteiger partial charge in [0.25, 0.3) is 0 Å². The standard InChI is InChI=1S/C22H20N2O2/c23-17-7-1-13(2-8-17)11-14-3-9-18(10-4-14)24-21(25)19-15-5-6-16(12-15)20(19)22(24)26/h1-10,15-16,19-20H,11-12,23H2/t15-,16-,19-,20+/m0/s1. The van der Waals surface area contributed by atoms with Gasteiger partial charge in [-0.1, -0.05) is 36.4 Å². The quantitative estimate of drug-likeness (QED) is 0.528. The molecule has 0 aromatic heterocycles. The summed E-state index contributed by atoms with van der Waals surface area (Å²) in [5, 5.41) is 0. The number of benzene rings is 2. The summed E-state index contributed by atoms with van der Waals surface area (Å²) < 4.78 is 0. The largest absolute Gasteiger partial charge is 0.399 e. The Morgan fingerprint density at radius 1 is 0.808 bits per heavy atom. The number of hydrogen-bond acceptors (Lipinski definition) is 3. The van der Waals surface area contributed by atoms with E-state index < -0.39 is 0 Å². The van der Waals surface area contributed by atoms with Gasteiger partial charge in [-0.25, -0.2) is 0 Å². The number of nitrogens with zero attached hydrogens (tertiary/aromatic N) is 1. The van der Waals surface area contributed by atoms with E-state index in [0.29, 0.717) is 5.69 Å². The number of rotatable bonds is 3. The van der Waals surface area contributed by atoms with Gasteiger partial charge in [0.1, 0.15) is 0 Å². The van der Waals surface area contributed by atoms with Crippen LogP contribution in [0.15, 0.2) is 60.7 Å². The van der Waals surface area contributed by atoms with Gasteiger partial charge in [0.05, 0.1) is 17.5 Å². The Morgan fingerprint density at radius 3 is 1.85 bits per heavy atom. The van der Waals surface area contributed by atoms with Crippen molar-refractivity contribution in [1.82, 2.24) is 0 Å². The Bertz CT molecular complexity index is 884. The number of hydrogen-bond donors (Lipinski definition) is 1. The Labute approximate surface area is 152 Å². The second kappa shape index (κ2) is 5.56. The average molecular weight is 344 g/mol. The van der Waals surface area contributed by atoms with E-state index in [2.05, 4.69) is 12.2 Å². The summed E-state index contributed by atoms with van der Waals surface area (Å²) in [5.41, 5.74) is 9.48. The molecule has 2 bridgehead atoms. The molecule has 1 saturated carbocycles. The number of nitrogens with two attached hydrogens (primary N) is 1. The van der Waals surface area contributed by atoms with Crippen LogP contribution in [0.25, 0.3) is 0 Å². The van der Waals surface area contributed by atoms with Crippen molar-refractivity contribution < 1.29 is 9.59 Å². The van der Waals surface area contributed by atoms with E-state index in [0.717, 1.165) is 24.1 Å². The van der Waals surface area contributed by atoms with E-state index in [9.17, 15) is 9.59 Å². The molecule has 2 N–H and O–H groups in total. The van der Waals surface area contributed by atoms with Gasteiger partial charge in [-0.05, 0) is 60.1 Å². The van der Waals surface area contributed by atoms with Crippen molar-refractivity contribution in [2.24, 2.45) is 23.7 Å². The fourth-order valence-electron chi connectivity index (χ4n) is 4.79. The summed E-state index contributed by atoms with van der Waals surface area (Å²) in [6.07, 6.45) is 6.00. The molecule has 4 nitrogen and oxygen atoms in total. The van der Waals surface area contributed by atoms with Gasteiger partial charge in [-0.2, -0.15) is 0 Å². The zero-order valence-electron chi connectivity index (χ0n) is 14.3. The van der Waals surface area contributed by atoms with Crippen molar-refractivity contribution in [3.8, 4) is 0 Å². The van der Waals surface area contributed by atoms with Crippen molar-refractivity contribution in [2.75, 3.05) is 10.6 Å². The van der Waals surface area contributed by atoms with Crippen molar-refractivity contribution in [1.29, 1.82) is 0 Å². The van der Waals surface area contributed by atoms with Crippen molar-refractivity contribution in [3.05, 3.63) is 71.8 Å². The van der Waals surface area contributed by atoms with Crippen LogP contribution in [0, 0.1) is 23.7 Å². The van der Waals surface area contributed by atoms with Crippen LogP contribution in [0.2, 0.25) is 0 Å². The molecule has 0 spiro atoms. The van der Waals surface area contributed by atoms with Crippen molar-refractivity contribution in [2.45, 2.75) is 12.8 Å². The van der Waals surface area contributed by atoms with Crippen LogP contribution in [0.1, 0.15) is 17.5 Å². The lowest BCUT2D eigenvalue weighted by Crippen LogP contribution is -2.32. The van der Waals surface area contributed by atoms with Crippen LogP contribution in [-0.2, 0) is 16.0 Å². The summed E-state index contributed by atoms with van der Waals surface area (Å²) in [6.45, 7) is 0.